The van der Waals surface area contributed by atoms with Crippen LogP contribution in [0.1, 0.15) is 51.1 Å². The van der Waals surface area contributed by atoms with Crippen molar-refractivity contribution < 1.29 is 4.39 Å². The van der Waals surface area contributed by atoms with E-state index in [1.54, 1.807) is 6.07 Å². The summed E-state index contributed by atoms with van der Waals surface area (Å²) in [7, 11) is 0. The minimum Gasteiger partial charge on any atom is -0.329 e. The molecule has 1 aliphatic rings. The lowest BCUT2D eigenvalue weighted by Crippen LogP contribution is -2.42. The summed E-state index contributed by atoms with van der Waals surface area (Å²) in [6.07, 6.45) is 4.89. The van der Waals surface area contributed by atoms with Crippen LogP contribution >= 0.6 is 11.6 Å². The molecule has 0 amide bonds. The molecule has 1 atom stereocenters. The Hall–Kier alpha value is -0.640. The van der Waals surface area contributed by atoms with Gasteiger partial charge in [0.2, 0.25) is 0 Å². The molecule has 1 aliphatic carbocycles. The van der Waals surface area contributed by atoms with Crippen LogP contribution in [0.25, 0.3) is 0 Å². The van der Waals surface area contributed by atoms with E-state index in [-0.39, 0.29) is 16.9 Å². The molecule has 0 aliphatic heterocycles. The molecule has 0 heterocycles. The molecule has 0 bridgehead atoms. The van der Waals surface area contributed by atoms with E-state index in [4.69, 9.17) is 17.3 Å². The molecule has 1 aromatic carbocycles. The minimum absolute atomic E-state index is 0.0887. The molecule has 0 spiro atoms. The number of benzene rings is 1. The van der Waals surface area contributed by atoms with Crippen LogP contribution in [0.15, 0.2) is 18.2 Å². The van der Waals surface area contributed by atoms with Crippen molar-refractivity contribution in [1.29, 1.82) is 0 Å². The van der Waals surface area contributed by atoms with Crippen LogP contribution in [0.5, 0.6) is 0 Å². The van der Waals surface area contributed by atoms with E-state index in [1.807, 2.05) is 12.1 Å². The number of rotatable bonds is 6. The van der Waals surface area contributed by atoms with Gasteiger partial charge in [-0.05, 0) is 24.8 Å². The first-order chi connectivity index (χ1) is 10.0. The topological polar surface area (TPSA) is 29.3 Å². The van der Waals surface area contributed by atoms with Gasteiger partial charge in [-0.1, -0.05) is 50.4 Å². The third kappa shape index (κ3) is 3.97. The maximum absolute atomic E-state index is 14.4. The molecule has 1 unspecified atom stereocenters. The Bertz CT molecular complexity index is 458. The molecule has 118 valence electrons. The molecular formula is C17H26ClFN2. The average Bonchev–Trinajstić information content (AvgIpc) is 2.96. The number of hydrogen-bond donors (Lipinski definition) is 1. The summed E-state index contributed by atoms with van der Waals surface area (Å²) in [5.41, 5.74) is 6.65. The Morgan fingerprint density at radius 3 is 2.57 bits per heavy atom. The van der Waals surface area contributed by atoms with Crippen molar-refractivity contribution >= 4 is 11.6 Å². The highest BCUT2D eigenvalue weighted by Crippen LogP contribution is 2.33. The Kier molecular flexibility index (Phi) is 6.03. The third-order valence-corrected chi connectivity index (χ3v) is 4.63. The fourth-order valence-corrected chi connectivity index (χ4v) is 3.59. The highest BCUT2D eigenvalue weighted by atomic mass is 35.5. The number of halogens is 2. The van der Waals surface area contributed by atoms with Gasteiger partial charge >= 0.3 is 0 Å². The van der Waals surface area contributed by atoms with Crippen molar-refractivity contribution in [1.82, 2.24) is 4.90 Å². The second kappa shape index (κ2) is 7.57. The SMILES string of the molecule is CC(C)CN(C1CCCC1)C(CN)c1cccc(Cl)c1F. The summed E-state index contributed by atoms with van der Waals surface area (Å²) in [6, 6.07) is 5.65. The van der Waals surface area contributed by atoms with Crippen LogP contribution in [0.2, 0.25) is 5.02 Å². The molecule has 1 saturated carbocycles. The van der Waals surface area contributed by atoms with Crippen molar-refractivity contribution in [2.24, 2.45) is 11.7 Å². The maximum atomic E-state index is 14.4. The van der Waals surface area contributed by atoms with E-state index in [0.29, 0.717) is 24.1 Å². The first kappa shape index (κ1) is 16.7. The summed E-state index contributed by atoms with van der Waals surface area (Å²) in [4.78, 5) is 2.41. The zero-order valence-electron chi connectivity index (χ0n) is 13.0. The zero-order valence-corrected chi connectivity index (χ0v) is 13.7. The van der Waals surface area contributed by atoms with Gasteiger partial charge in [0, 0.05) is 24.7 Å². The van der Waals surface area contributed by atoms with Gasteiger partial charge in [-0.15, -0.1) is 0 Å². The first-order valence-electron chi connectivity index (χ1n) is 7.94. The van der Waals surface area contributed by atoms with Crippen LogP contribution in [0.4, 0.5) is 4.39 Å². The summed E-state index contributed by atoms with van der Waals surface area (Å²) < 4.78 is 14.4. The lowest BCUT2D eigenvalue weighted by Gasteiger charge is -2.37. The van der Waals surface area contributed by atoms with Gasteiger partial charge in [0.25, 0.3) is 0 Å². The van der Waals surface area contributed by atoms with Crippen LogP contribution in [-0.4, -0.2) is 24.0 Å². The van der Waals surface area contributed by atoms with Crippen molar-refractivity contribution in [3.8, 4) is 0 Å². The predicted octanol–water partition coefficient (Wildman–Crippen LogP) is 4.38. The molecule has 2 rings (SSSR count). The lowest BCUT2D eigenvalue weighted by molar-refractivity contribution is 0.119. The zero-order chi connectivity index (χ0) is 15.4. The standard InChI is InChI=1S/C17H26ClFN2/c1-12(2)11-21(13-6-3-4-7-13)16(10-20)14-8-5-9-15(18)17(14)19/h5,8-9,12-13,16H,3-4,6-7,10-11,20H2,1-2H3. The first-order valence-corrected chi connectivity index (χ1v) is 8.32. The largest absolute Gasteiger partial charge is 0.329 e. The molecule has 21 heavy (non-hydrogen) atoms. The molecular weight excluding hydrogens is 287 g/mol. The van der Waals surface area contributed by atoms with E-state index < -0.39 is 0 Å². The van der Waals surface area contributed by atoms with Crippen LogP contribution in [-0.2, 0) is 0 Å². The van der Waals surface area contributed by atoms with Gasteiger partial charge in [-0.2, -0.15) is 0 Å². The van der Waals surface area contributed by atoms with Gasteiger partial charge < -0.3 is 5.73 Å². The van der Waals surface area contributed by atoms with Crippen molar-refractivity contribution in [3.63, 3.8) is 0 Å². The van der Waals surface area contributed by atoms with E-state index in [2.05, 4.69) is 18.7 Å². The fourth-order valence-electron chi connectivity index (χ4n) is 3.41. The average molecular weight is 313 g/mol. The smallest absolute Gasteiger partial charge is 0.146 e. The summed E-state index contributed by atoms with van der Waals surface area (Å²) in [6.45, 7) is 5.76. The molecule has 1 fully saturated rings. The monoisotopic (exact) mass is 312 g/mol. The normalized spacial score (nSPS) is 17.9. The van der Waals surface area contributed by atoms with E-state index in [9.17, 15) is 4.39 Å². The summed E-state index contributed by atoms with van der Waals surface area (Å²) >= 11 is 5.95. The molecule has 0 radical (unpaired) electrons. The molecule has 2 nitrogen and oxygen atoms in total. The third-order valence-electron chi connectivity index (χ3n) is 4.33. The van der Waals surface area contributed by atoms with Gasteiger partial charge in [-0.3, -0.25) is 4.90 Å². The highest BCUT2D eigenvalue weighted by Gasteiger charge is 2.31. The van der Waals surface area contributed by atoms with E-state index in [0.717, 1.165) is 6.54 Å². The van der Waals surface area contributed by atoms with Crippen molar-refractivity contribution in [2.45, 2.75) is 51.6 Å². The number of nitrogens with two attached hydrogens (primary N) is 1. The Balaban J connectivity index is 2.31. The second-order valence-corrected chi connectivity index (χ2v) is 6.83. The molecule has 1 aromatic rings. The van der Waals surface area contributed by atoms with Crippen LogP contribution < -0.4 is 5.73 Å². The van der Waals surface area contributed by atoms with E-state index >= 15 is 0 Å². The van der Waals surface area contributed by atoms with Crippen LogP contribution in [0.3, 0.4) is 0 Å². The molecule has 4 heteroatoms. The Morgan fingerprint density at radius 2 is 2.00 bits per heavy atom. The lowest BCUT2D eigenvalue weighted by atomic mass is 10.00. The van der Waals surface area contributed by atoms with Crippen molar-refractivity contribution in [2.75, 3.05) is 13.1 Å². The minimum atomic E-state index is -0.318. The van der Waals surface area contributed by atoms with Crippen LogP contribution in [0, 0.1) is 11.7 Å². The molecule has 2 N–H and O–H groups in total. The maximum Gasteiger partial charge on any atom is 0.146 e. The molecule has 0 saturated heterocycles. The number of nitrogens with zero attached hydrogens (tertiary/aromatic N) is 1. The second-order valence-electron chi connectivity index (χ2n) is 6.42. The van der Waals surface area contributed by atoms with Gasteiger partial charge in [0.1, 0.15) is 5.82 Å². The fraction of sp³-hybridized carbons (Fsp3) is 0.647. The summed E-state index contributed by atoms with van der Waals surface area (Å²) in [5.74, 6) is 0.211. The summed E-state index contributed by atoms with van der Waals surface area (Å²) in [5, 5.41) is 0.182. The predicted molar refractivity (Wildman–Crippen MR) is 87.0 cm³/mol. The molecule has 0 aromatic heterocycles. The van der Waals surface area contributed by atoms with Gasteiger partial charge in [0.05, 0.1) is 11.1 Å². The highest BCUT2D eigenvalue weighted by molar-refractivity contribution is 6.30. The van der Waals surface area contributed by atoms with Gasteiger partial charge in [0.15, 0.2) is 0 Å². The van der Waals surface area contributed by atoms with Crippen molar-refractivity contribution in [3.05, 3.63) is 34.6 Å². The Labute approximate surface area is 132 Å². The Morgan fingerprint density at radius 1 is 1.33 bits per heavy atom. The quantitative estimate of drug-likeness (QED) is 0.844. The van der Waals surface area contributed by atoms with E-state index in [1.165, 1.54) is 25.7 Å². The van der Waals surface area contributed by atoms with Gasteiger partial charge in [-0.25, -0.2) is 4.39 Å². The number of hydrogen-bond acceptors (Lipinski definition) is 2.